The van der Waals surface area contributed by atoms with E-state index in [9.17, 15) is 14.7 Å². The molecular weight excluding hydrogens is 292 g/mol. The maximum Gasteiger partial charge on any atom is 0.329 e. The van der Waals surface area contributed by atoms with Crippen LogP contribution in [0.25, 0.3) is 0 Å². The highest BCUT2D eigenvalue weighted by atomic mass is 35.5. The molecule has 6 heteroatoms. The fourth-order valence-electron chi connectivity index (χ4n) is 2.86. The Morgan fingerprint density at radius 1 is 1.19 bits per heavy atom. The Kier molecular flexibility index (Phi) is 4.73. The van der Waals surface area contributed by atoms with Gasteiger partial charge >= 0.3 is 5.97 Å². The molecule has 0 saturated heterocycles. The lowest BCUT2D eigenvalue weighted by atomic mass is 9.89. The topological polar surface area (TPSA) is 92.4 Å². The maximum absolute atomic E-state index is 11.8. The van der Waals surface area contributed by atoms with Crippen LogP contribution in [0.5, 0.6) is 0 Å². The highest BCUT2D eigenvalue weighted by molar-refractivity contribution is 6.34. The number of aliphatic carboxylic acids is 1. The molecule has 0 bridgehead atoms. The second-order valence-corrected chi connectivity index (χ2v) is 5.86. The maximum atomic E-state index is 11.8. The molecule has 0 heterocycles. The van der Waals surface area contributed by atoms with Crippen LogP contribution in [0.3, 0.4) is 0 Å². The summed E-state index contributed by atoms with van der Waals surface area (Å²) in [5.41, 5.74) is 4.83. The molecule has 1 aromatic carbocycles. The first-order valence-electron chi connectivity index (χ1n) is 7.06. The molecule has 1 amide bonds. The molecule has 0 aliphatic heterocycles. The van der Waals surface area contributed by atoms with Crippen molar-refractivity contribution in [3.8, 4) is 0 Å². The Bertz CT molecular complexity index is 552. The van der Waals surface area contributed by atoms with Gasteiger partial charge < -0.3 is 16.2 Å². The molecule has 114 valence electrons. The first-order valence-corrected chi connectivity index (χ1v) is 7.44. The van der Waals surface area contributed by atoms with E-state index in [1.165, 1.54) is 0 Å². The average molecular weight is 311 g/mol. The van der Waals surface area contributed by atoms with Crippen molar-refractivity contribution in [2.75, 3.05) is 5.32 Å². The number of carbonyl (C=O) groups excluding carboxylic acids is 1. The SMILES string of the molecule is NC(=O)c1c(Cl)cccc1NC1(C(=O)O)CCCCCC1. The summed E-state index contributed by atoms with van der Waals surface area (Å²) in [6.45, 7) is 0. The van der Waals surface area contributed by atoms with Crippen molar-refractivity contribution in [3.05, 3.63) is 28.8 Å². The second-order valence-electron chi connectivity index (χ2n) is 5.45. The lowest BCUT2D eigenvalue weighted by Gasteiger charge is -2.31. The number of hydrogen-bond acceptors (Lipinski definition) is 3. The lowest BCUT2D eigenvalue weighted by Crippen LogP contribution is -2.46. The zero-order valence-electron chi connectivity index (χ0n) is 11.7. The van der Waals surface area contributed by atoms with Crippen LogP contribution in [0, 0.1) is 0 Å². The van der Waals surface area contributed by atoms with Gasteiger partial charge in [-0.05, 0) is 25.0 Å². The number of halogens is 1. The number of nitrogens with one attached hydrogen (secondary N) is 1. The smallest absolute Gasteiger partial charge is 0.329 e. The largest absolute Gasteiger partial charge is 0.480 e. The van der Waals surface area contributed by atoms with Gasteiger partial charge in [-0.25, -0.2) is 4.79 Å². The Hall–Kier alpha value is -1.75. The molecule has 1 aliphatic rings. The molecular formula is C15H19ClN2O3. The second kappa shape index (κ2) is 6.35. The van der Waals surface area contributed by atoms with Gasteiger partial charge in [0.2, 0.25) is 0 Å². The lowest BCUT2D eigenvalue weighted by molar-refractivity contribution is -0.142. The van der Waals surface area contributed by atoms with Crippen LogP contribution in [0.15, 0.2) is 18.2 Å². The van der Waals surface area contributed by atoms with Crippen molar-refractivity contribution < 1.29 is 14.7 Å². The highest BCUT2D eigenvalue weighted by Crippen LogP contribution is 2.33. The van der Waals surface area contributed by atoms with Crippen LogP contribution < -0.4 is 11.1 Å². The van der Waals surface area contributed by atoms with Gasteiger partial charge in [-0.1, -0.05) is 43.4 Å². The number of carboxylic acids is 1. The van der Waals surface area contributed by atoms with Gasteiger partial charge in [-0.15, -0.1) is 0 Å². The summed E-state index contributed by atoms with van der Waals surface area (Å²) < 4.78 is 0. The number of nitrogens with two attached hydrogens (primary N) is 1. The molecule has 1 aromatic rings. The summed E-state index contributed by atoms with van der Waals surface area (Å²) in [5, 5.41) is 12.9. The van der Waals surface area contributed by atoms with Crippen molar-refractivity contribution in [1.29, 1.82) is 0 Å². The van der Waals surface area contributed by atoms with E-state index in [1.807, 2.05) is 0 Å². The van der Waals surface area contributed by atoms with Gasteiger partial charge in [0.25, 0.3) is 5.91 Å². The minimum Gasteiger partial charge on any atom is -0.480 e. The quantitative estimate of drug-likeness (QED) is 0.745. The van der Waals surface area contributed by atoms with Gasteiger partial charge in [-0.3, -0.25) is 4.79 Å². The summed E-state index contributed by atoms with van der Waals surface area (Å²) in [6.07, 6.45) is 4.77. The summed E-state index contributed by atoms with van der Waals surface area (Å²) >= 11 is 6.01. The van der Waals surface area contributed by atoms with Crippen molar-refractivity contribution in [1.82, 2.24) is 0 Å². The third-order valence-corrected chi connectivity index (χ3v) is 4.32. The number of carbonyl (C=O) groups is 2. The van der Waals surface area contributed by atoms with Gasteiger partial charge in [0, 0.05) is 5.69 Å². The molecule has 0 radical (unpaired) electrons. The molecule has 1 saturated carbocycles. The third kappa shape index (κ3) is 3.29. The third-order valence-electron chi connectivity index (χ3n) is 4.00. The minimum absolute atomic E-state index is 0.143. The predicted octanol–water partition coefficient (Wildman–Crippen LogP) is 3.03. The fourth-order valence-corrected chi connectivity index (χ4v) is 3.13. The molecule has 5 nitrogen and oxygen atoms in total. The molecule has 4 N–H and O–H groups in total. The molecule has 0 aromatic heterocycles. The number of hydrogen-bond donors (Lipinski definition) is 3. The van der Waals surface area contributed by atoms with E-state index in [1.54, 1.807) is 18.2 Å². The molecule has 2 rings (SSSR count). The van der Waals surface area contributed by atoms with E-state index in [2.05, 4.69) is 5.32 Å². The van der Waals surface area contributed by atoms with Crippen molar-refractivity contribution in [2.45, 2.75) is 44.1 Å². The molecule has 0 atom stereocenters. The van der Waals surface area contributed by atoms with Crippen molar-refractivity contribution >= 4 is 29.2 Å². The Morgan fingerprint density at radius 2 is 1.81 bits per heavy atom. The van der Waals surface area contributed by atoms with Crippen LogP contribution >= 0.6 is 11.6 Å². The van der Waals surface area contributed by atoms with Crippen LogP contribution in [-0.4, -0.2) is 22.5 Å². The standard InChI is InChI=1S/C15H19ClN2O3/c16-10-6-5-7-11(12(10)13(17)19)18-15(14(20)21)8-3-1-2-4-9-15/h5-7,18H,1-4,8-9H2,(H2,17,19)(H,20,21). The van der Waals surface area contributed by atoms with Crippen molar-refractivity contribution in [3.63, 3.8) is 0 Å². The van der Waals surface area contributed by atoms with Crippen LogP contribution in [-0.2, 0) is 4.79 Å². The molecule has 1 aliphatic carbocycles. The van der Waals surface area contributed by atoms with Crippen LogP contribution in [0.2, 0.25) is 5.02 Å². The van der Waals surface area contributed by atoms with Crippen molar-refractivity contribution in [2.24, 2.45) is 5.73 Å². The van der Waals surface area contributed by atoms with Gasteiger partial charge in [0.1, 0.15) is 5.54 Å². The Balaban J connectivity index is 2.40. The summed E-state index contributed by atoms with van der Waals surface area (Å²) in [4.78, 5) is 23.4. The van der Waals surface area contributed by atoms with Gasteiger partial charge in [0.15, 0.2) is 0 Å². The average Bonchev–Trinajstić information content (AvgIpc) is 2.65. The fraction of sp³-hybridized carbons (Fsp3) is 0.467. The molecule has 0 spiro atoms. The molecule has 21 heavy (non-hydrogen) atoms. The predicted molar refractivity (Wildman–Crippen MR) is 81.7 cm³/mol. The highest BCUT2D eigenvalue weighted by Gasteiger charge is 2.39. The monoisotopic (exact) mass is 310 g/mol. The molecule has 0 unspecified atom stereocenters. The Labute approximate surface area is 128 Å². The Morgan fingerprint density at radius 3 is 2.33 bits per heavy atom. The number of amides is 1. The number of anilines is 1. The normalized spacial score (nSPS) is 17.8. The van der Waals surface area contributed by atoms with Gasteiger partial charge in [-0.2, -0.15) is 0 Å². The number of benzene rings is 1. The molecule has 1 fully saturated rings. The zero-order chi connectivity index (χ0) is 15.5. The summed E-state index contributed by atoms with van der Waals surface area (Å²) in [7, 11) is 0. The number of rotatable bonds is 4. The van der Waals surface area contributed by atoms with E-state index in [0.717, 1.165) is 25.7 Å². The first kappa shape index (κ1) is 15.6. The van der Waals surface area contributed by atoms with E-state index >= 15 is 0 Å². The van der Waals surface area contributed by atoms with Crippen LogP contribution in [0.1, 0.15) is 48.9 Å². The summed E-state index contributed by atoms with van der Waals surface area (Å²) in [6, 6.07) is 4.87. The first-order chi connectivity index (χ1) is 9.96. The minimum atomic E-state index is -1.06. The summed E-state index contributed by atoms with van der Waals surface area (Å²) in [5.74, 6) is -1.57. The zero-order valence-corrected chi connectivity index (χ0v) is 12.4. The van der Waals surface area contributed by atoms with Crippen LogP contribution in [0.4, 0.5) is 5.69 Å². The van der Waals surface area contributed by atoms with Gasteiger partial charge in [0.05, 0.1) is 10.6 Å². The number of carboxylic acid groups (broad SMARTS) is 1. The van der Waals surface area contributed by atoms with E-state index in [4.69, 9.17) is 17.3 Å². The number of primary amides is 1. The van der Waals surface area contributed by atoms with E-state index in [0.29, 0.717) is 18.5 Å². The van der Waals surface area contributed by atoms with E-state index in [-0.39, 0.29) is 10.6 Å². The van der Waals surface area contributed by atoms with E-state index < -0.39 is 17.4 Å².